The highest BCUT2D eigenvalue weighted by atomic mass is 32.2. The Labute approximate surface area is 132 Å². The van der Waals surface area contributed by atoms with E-state index in [2.05, 4.69) is 27.1 Å². The van der Waals surface area contributed by atoms with E-state index >= 15 is 0 Å². The van der Waals surface area contributed by atoms with Crippen molar-refractivity contribution >= 4 is 21.5 Å². The third-order valence-corrected chi connectivity index (χ3v) is 6.40. The van der Waals surface area contributed by atoms with Gasteiger partial charge in [-0.25, -0.2) is 18.4 Å². The zero-order valence-electron chi connectivity index (χ0n) is 13.0. The van der Waals surface area contributed by atoms with Crippen LogP contribution in [0.3, 0.4) is 0 Å². The van der Waals surface area contributed by atoms with Gasteiger partial charge in [-0.3, -0.25) is 0 Å². The second-order valence-electron chi connectivity index (χ2n) is 6.26. The Kier molecular flexibility index (Phi) is 4.52. The van der Waals surface area contributed by atoms with Crippen LogP contribution in [0.2, 0.25) is 0 Å². The summed E-state index contributed by atoms with van der Waals surface area (Å²) < 4.78 is 23.1. The molecule has 0 amide bonds. The Bertz CT molecular complexity index is 620. The molecule has 0 aliphatic carbocycles. The van der Waals surface area contributed by atoms with E-state index in [-0.39, 0.29) is 17.5 Å². The first kappa shape index (κ1) is 15.5. The van der Waals surface area contributed by atoms with Crippen LogP contribution < -0.4 is 10.2 Å². The van der Waals surface area contributed by atoms with Crippen molar-refractivity contribution in [2.75, 3.05) is 28.3 Å². The molecule has 0 spiro atoms. The molecule has 2 aliphatic heterocycles. The van der Waals surface area contributed by atoms with Crippen molar-refractivity contribution in [1.82, 2.24) is 9.97 Å². The summed E-state index contributed by atoms with van der Waals surface area (Å²) in [7, 11) is -2.88. The lowest BCUT2D eigenvalue weighted by Gasteiger charge is -2.36. The van der Waals surface area contributed by atoms with Crippen LogP contribution in [0.4, 0.5) is 11.6 Å². The van der Waals surface area contributed by atoms with E-state index in [1.54, 1.807) is 6.33 Å². The number of nitrogens with one attached hydrogen (secondary N) is 1. The highest BCUT2D eigenvalue weighted by Crippen LogP contribution is 2.26. The average Bonchev–Trinajstić information content (AvgIpc) is 2.86. The minimum absolute atomic E-state index is 0.0314. The second kappa shape index (κ2) is 6.40. The molecule has 3 heterocycles. The zero-order chi connectivity index (χ0) is 15.6. The highest BCUT2D eigenvalue weighted by Gasteiger charge is 2.28. The molecule has 2 unspecified atom stereocenters. The van der Waals surface area contributed by atoms with Gasteiger partial charge in [0.2, 0.25) is 0 Å². The second-order valence-corrected chi connectivity index (χ2v) is 8.49. The highest BCUT2D eigenvalue weighted by molar-refractivity contribution is 7.91. The third kappa shape index (κ3) is 3.51. The summed E-state index contributed by atoms with van der Waals surface area (Å²) in [6.45, 7) is 3.25. The van der Waals surface area contributed by atoms with Crippen molar-refractivity contribution in [3.05, 3.63) is 12.4 Å². The van der Waals surface area contributed by atoms with Gasteiger partial charge in [-0.15, -0.1) is 0 Å². The van der Waals surface area contributed by atoms with Gasteiger partial charge in [0.15, 0.2) is 9.84 Å². The molecule has 0 radical (unpaired) electrons. The monoisotopic (exact) mass is 324 g/mol. The summed E-state index contributed by atoms with van der Waals surface area (Å²) >= 11 is 0. The maximum atomic E-state index is 11.5. The third-order valence-electron chi connectivity index (χ3n) is 4.63. The molecule has 2 aliphatic rings. The lowest BCUT2D eigenvalue weighted by atomic mass is 10.0. The lowest BCUT2D eigenvalue weighted by molar-refractivity contribution is 0.446. The van der Waals surface area contributed by atoms with Crippen LogP contribution in [0.25, 0.3) is 0 Å². The van der Waals surface area contributed by atoms with E-state index in [0.717, 1.165) is 24.6 Å². The molecule has 0 aromatic carbocycles. The summed E-state index contributed by atoms with van der Waals surface area (Å²) in [5.41, 5.74) is 0. The first-order chi connectivity index (χ1) is 10.6. The number of hydrogen-bond acceptors (Lipinski definition) is 6. The predicted molar refractivity (Wildman–Crippen MR) is 88.0 cm³/mol. The fraction of sp³-hybridized carbons (Fsp3) is 0.733. The Morgan fingerprint density at radius 2 is 2.18 bits per heavy atom. The number of anilines is 2. The van der Waals surface area contributed by atoms with Crippen molar-refractivity contribution in [2.24, 2.45) is 0 Å². The van der Waals surface area contributed by atoms with Gasteiger partial charge in [0, 0.05) is 24.7 Å². The van der Waals surface area contributed by atoms with E-state index in [9.17, 15) is 8.42 Å². The quantitative estimate of drug-likeness (QED) is 0.911. The minimum Gasteiger partial charge on any atom is -0.366 e. The van der Waals surface area contributed by atoms with Crippen LogP contribution in [0.5, 0.6) is 0 Å². The maximum Gasteiger partial charge on any atom is 0.152 e. The Balaban J connectivity index is 1.72. The Hall–Kier alpha value is -1.37. The van der Waals surface area contributed by atoms with E-state index in [1.165, 1.54) is 19.3 Å². The van der Waals surface area contributed by atoms with Crippen LogP contribution in [0.15, 0.2) is 12.4 Å². The molecule has 122 valence electrons. The molecule has 22 heavy (non-hydrogen) atoms. The number of nitrogens with zero attached hydrogens (tertiary/aromatic N) is 3. The topological polar surface area (TPSA) is 75.2 Å². The van der Waals surface area contributed by atoms with Gasteiger partial charge in [0.05, 0.1) is 11.5 Å². The molecule has 1 aromatic rings. The summed E-state index contributed by atoms with van der Waals surface area (Å²) in [6, 6.07) is 2.47. The van der Waals surface area contributed by atoms with Gasteiger partial charge in [-0.2, -0.15) is 0 Å². The number of aromatic nitrogens is 2. The Morgan fingerprint density at radius 1 is 1.32 bits per heavy atom. The SMILES string of the molecule is CCC1CCCCN1c1cc(NC2CCS(=O)(=O)C2)ncn1. The molecule has 3 rings (SSSR count). The number of hydrogen-bond donors (Lipinski definition) is 1. The van der Waals surface area contributed by atoms with Crippen molar-refractivity contribution < 1.29 is 8.42 Å². The first-order valence-electron chi connectivity index (χ1n) is 8.13. The van der Waals surface area contributed by atoms with Crippen LogP contribution in [0, 0.1) is 0 Å². The van der Waals surface area contributed by atoms with Gasteiger partial charge in [-0.1, -0.05) is 6.92 Å². The number of rotatable bonds is 4. The van der Waals surface area contributed by atoms with E-state index < -0.39 is 9.84 Å². The van der Waals surface area contributed by atoms with Crippen LogP contribution >= 0.6 is 0 Å². The Morgan fingerprint density at radius 3 is 2.91 bits per heavy atom. The van der Waals surface area contributed by atoms with Crippen molar-refractivity contribution in [1.29, 1.82) is 0 Å². The van der Waals surface area contributed by atoms with Crippen LogP contribution in [0.1, 0.15) is 39.0 Å². The van der Waals surface area contributed by atoms with Crippen LogP contribution in [-0.4, -0.2) is 48.5 Å². The molecule has 2 fully saturated rings. The molecule has 7 heteroatoms. The van der Waals surface area contributed by atoms with Crippen molar-refractivity contribution in [3.8, 4) is 0 Å². The van der Waals surface area contributed by atoms with E-state index in [4.69, 9.17) is 0 Å². The molecule has 1 N–H and O–H groups in total. The van der Waals surface area contributed by atoms with E-state index in [0.29, 0.717) is 12.5 Å². The van der Waals surface area contributed by atoms with Crippen LogP contribution in [-0.2, 0) is 9.84 Å². The van der Waals surface area contributed by atoms with Crippen molar-refractivity contribution in [2.45, 2.75) is 51.1 Å². The summed E-state index contributed by atoms with van der Waals surface area (Å²) in [4.78, 5) is 11.0. The van der Waals surface area contributed by atoms with Gasteiger partial charge < -0.3 is 10.2 Å². The van der Waals surface area contributed by atoms with Crippen molar-refractivity contribution in [3.63, 3.8) is 0 Å². The molecule has 2 saturated heterocycles. The molecule has 1 aromatic heterocycles. The predicted octanol–water partition coefficient (Wildman–Crippen LogP) is 1.84. The van der Waals surface area contributed by atoms with E-state index in [1.807, 2.05) is 6.07 Å². The largest absolute Gasteiger partial charge is 0.366 e. The maximum absolute atomic E-state index is 11.5. The molecular formula is C15H24N4O2S. The number of piperidine rings is 1. The standard InChI is InChI=1S/C15H24N4O2S/c1-2-13-5-3-4-7-19(13)15-9-14(16-11-17-15)18-12-6-8-22(20,21)10-12/h9,11-13H,2-8,10H2,1H3,(H,16,17,18). The fourth-order valence-corrected chi connectivity index (χ4v) is 5.10. The summed E-state index contributed by atoms with van der Waals surface area (Å²) in [5.74, 6) is 2.15. The molecule has 0 bridgehead atoms. The summed E-state index contributed by atoms with van der Waals surface area (Å²) in [5, 5.41) is 3.25. The fourth-order valence-electron chi connectivity index (χ4n) is 3.43. The first-order valence-corrected chi connectivity index (χ1v) is 9.95. The summed E-state index contributed by atoms with van der Waals surface area (Å²) in [6.07, 6.45) is 7.04. The van der Waals surface area contributed by atoms with Gasteiger partial charge in [-0.05, 0) is 32.1 Å². The van der Waals surface area contributed by atoms with Gasteiger partial charge >= 0.3 is 0 Å². The number of sulfone groups is 1. The van der Waals surface area contributed by atoms with Gasteiger partial charge in [0.25, 0.3) is 0 Å². The normalized spacial score (nSPS) is 27.8. The molecule has 2 atom stereocenters. The molecular weight excluding hydrogens is 300 g/mol. The zero-order valence-corrected chi connectivity index (χ0v) is 13.8. The molecule has 0 saturated carbocycles. The molecule has 6 nitrogen and oxygen atoms in total. The lowest BCUT2D eigenvalue weighted by Crippen LogP contribution is -2.39. The smallest absolute Gasteiger partial charge is 0.152 e. The average molecular weight is 324 g/mol. The minimum atomic E-state index is -2.88. The van der Waals surface area contributed by atoms with Gasteiger partial charge in [0.1, 0.15) is 18.0 Å².